The number of hydrogen-bond donors (Lipinski definition) is 1. The molecule has 1 aromatic heterocycles. The topological polar surface area (TPSA) is 48.1 Å². The van der Waals surface area contributed by atoms with Crippen LogP contribution < -0.4 is 10.5 Å². The van der Waals surface area contributed by atoms with Gasteiger partial charge >= 0.3 is 0 Å². The van der Waals surface area contributed by atoms with Crippen molar-refractivity contribution in [3.8, 4) is 5.75 Å². The number of aryl methyl sites for hydroxylation is 1. The molecule has 3 nitrogen and oxygen atoms in total. The fourth-order valence-corrected chi connectivity index (χ4v) is 3.52. The van der Waals surface area contributed by atoms with E-state index in [2.05, 4.69) is 11.1 Å². The highest BCUT2D eigenvalue weighted by Gasteiger charge is 2.08. The zero-order valence-electron chi connectivity index (χ0n) is 9.77. The van der Waals surface area contributed by atoms with Crippen LogP contribution in [0.25, 0.3) is 0 Å². The van der Waals surface area contributed by atoms with Gasteiger partial charge in [0.15, 0.2) is 5.13 Å². The van der Waals surface area contributed by atoms with E-state index in [0.29, 0.717) is 5.13 Å². The number of nitrogen functional groups attached to an aromatic ring is 1. The molecule has 2 rings (SSSR count). The molecule has 0 unspecified atom stereocenters. The van der Waals surface area contributed by atoms with Crippen LogP contribution in [0.1, 0.15) is 11.3 Å². The second-order valence-corrected chi connectivity index (χ2v) is 5.80. The summed E-state index contributed by atoms with van der Waals surface area (Å²) >= 11 is 3.28. The second kappa shape index (κ2) is 5.42. The average molecular weight is 266 g/mol. The van der Waals surface area contributed by atoms with Crippen molar-refractivity contribution < 1.29 is 4.74 Å². The molecule has 0 atom stereocenters. The monoisotopic (exact) mass is 266 g/mol. The number of benzene rings is 1. The van der Waals surface area contributed by atoms with Gasteiger partial charge in [0.2, 0.25) is 0 Å². The average Bonchev–Trinajstić information content (AvgIpc) is 2.65. The van der Waals surface area contributed by atoms with E-state index in [1.165, 1.54) is 21.1 Å². The van der Waals surface area contributed by atoms with Crippen LogP contribution in [0.4, 0.5) is 5.13 Å². The van der Waals surface area contributed by atoms with Gasteiger partial charge in [0.25, 0.3) is 0 Å². The van der Waals surface area contributed by atoms with Crippen LogP contribution in [0.2, 0.25) is 0 Å². The molecule has 0 saturated carbocycles. The number of ether oxygens (including phenoxy) is 1. The highest BCUT2D eigenvalue weighted by molar-refractivity contribution is 8.00. The van der Waals surface area contributed by atoms with Crippen LogP contribution in [-0.2, 0) is 5.75 Å². The fourth-order valence-electron chi connectivity index (χ4n) is 1.50. The number of aromatic nitrogens is 1. The minimum Gasteiger partial charge on any atom is -0.496 e. The summed E-state index contributed by atoms with van der Waals surface area (Å²) in [5.74, 6) is 1.79. The highest BCUT2D eigenvalue weighted by Crippen LogP contribution is 2.34. The molecule has 1 heterocycles. The smallest absolute Gasteiger partial charge is 0.181 e. The van der Waals surface area contributed by atoms with Gasteiger partial charge in [0.1, 0.15) is 5.75 Å². The predicted octanol–water partition coefficient (Wildman–Crippen LogP) is 3.33. The molecule has 90 valence electrons. The van der Waals surface area contributed by atoms with Crippen molar-refractivity contribution in [3.05, 3.63) is 35.5 Å². The highest BCUT2D eigenvalue weighted by atomic mass is 32.2. The van der Waals surface area contributed by atoms with Gasteiger partial charge in [-0.3, -0.25) is 0 Å². The molecule has 0 fully saturated rings. The van der Waals surface area contributed by atoms with Gasteiger partial charge in [-0.05, 0) is 13.0 Å². The molecule has 2 N–H and O–H groups in total. The lowest BCUT2D eigenvalue weighted by molar-refractivity contribution is 0.411. The lowest BCUT2D eigenvalue weighted by atomic mass is 10.2. The minimum atomic E-state index is 0.630. The van der Waals surface area contributed by atoms with E-state index >= 15 is 0 Å². The lowest BCUT2D eigenvalue weighted by Crippen LogP contribution is -1.89. The number of hydrogen-bond acceptors (Lipinski definition) is 5. The number of rotatable bonds is 4. The zero-order chi connectivity index (χ0) is 12.3. The maximum Gasteiger partial charge on any atom is 0.181 e. The third kappa shape index (κ3) is 2.92. The van der Waals surface area contributed by atoms with E-state index in [-0.39, 0.29) is 0 Å². The van der Waals surface area contributed by atoms with E-state index in [9.17, 15) is 0 Å². The van der Waals surface area contributed by atoms with Gasteiger partial charge in [-0.15, -0.1) is 11.8 Å². The molecule has 0 amide bonds. The Balaban J connectivity index is 2.09. The van der Waals surface area contributed by atoms with Gasteiger partial charge in [-0.2, -0.15) is 0 Å². The molecule has 5 heteroatoms. The minimum absolute atomic E-state index is 0.630. The number of nitrogens with two attached hydrogens (primary N) is 1. The number of thiazole rings is 1. The molecule has 17 heavy (non-hydrogen) atoms. The molecular formula is C12H14N2OS2. The Morgan fingerprint density at radius 1 is 1.41 bits per heavy atom. The maximum absolute atomic E-state index is 5.67. The summed E-state index contributed by atoms with van der Waals surface area (Å²) in [5.41, 5.74) is 7.87. The molecule has 0 aliphatic carbocycles. The summed E-state index contributed by atoms with van der Waals surface area (Å²) in [6, 6.07) is 8.05. The SMILES string of the molecule is COc1ccccc1CSc1sc(N)nc1C. The number of para-hydroxylation sites is 1. The van der Waals surface area contributed by atoms with Crippen LogP contribution in [0.5, 0.6) is 5.75 Å². The second-order valence-electron chi connectivity index (χ2n) is 3.53. The summed E-state index contributed by atoms with van der Waals surface area (Å²) in [7, 11) is 1.69. The Kier molecular flexibility index (Phi) is 3.91. The van der Waals surface area contributed by atoms with E-state index in [4.69, 9.17) is 10.5 Å². The van der Waals surface area contributed by atoms with Crippen LogP contribution >= 0.6 is 23.1 Å². The first kappa shape index (κ1) is 12.3. The van der Waals surface area contributed by atoms with Crippen molar-refractivity contribution in [1.82, 2.24) is 4.98 Å². The van der Waals surface area contributed by atoms with Crippen LogP contribution in [-0.4, -0.2) is 12.1 Å². The van der Waals surface area contributed by atoms with Crippen LogP contribution in [0.3, 0.4) is 0 Å². The molecule has 0 saturated heterocycles. The zero-order valence-corrected chi connectivity index (χ0v) is 11.4. The maximum atomic E-state index is 5.67. The van der Waals surface area contributed by atoms with Crippen molar-refractivity contribution in [2.24, 2.45) is 0 Å². The molecule has 0 spiro atoms. The molecule has 1 aromatic carbocycles. The first-order valence-corrected chi connectivity index (χ1v) is 6.98. The van der Waals surface area contributed by atoms with Gasteiger partial charge in [-0.25, -0.2) is 4.98 Å². The van der Waals surface area contributed by atoms with Crippen LogP contribution in [0.15, 0.2) is 28.5 Å². The Morgan fingerprint density at radius 3 is 2.82 bits per heavy atom. The normalized spacial score (nSPS) is 10.5. The Hall–Kier alpha value is -1.20. The molecule has 0 radical (unpaired) electrons. The molecular weight excluding hydrogens is 252 g/mol. The van der Waals surface area contributed by atoms with Crippen molar-refractivity contribution in [1.29, 1.82) is 0 Å². The quantitative estimate of drug-likeness (QED) is 0.862. The number of anilines is 1. The number of nitrogens with zero attached hydrogens (tertiary/aromatic N) is 1. The third-order valence-electron chi connectivity index (χ3n) is 2.32. The predicted molar refractivity (Wildman–Crippen MR) is 73.8 cm³/mol. The summed E-state index contributed by atoms with van der Waals surface area (Å²) in [6.07, 6.45) is 0. The standard InChI is InChI=1S/C12H14N2OS2/c1-8-11(17-12(13)14-8)16-7-9-5-3-4-6-10(9)15-2/h3-6H,7H2,1-2H3,(H2,13,14). The van der Waals surface area contributed by atoms with Crippen LogP contribution in [0, 0.1) is 6.92 Å². The number of thioether (sulfide) groups is 1. The Bertz CT molecular complexity index is 511. The summed E-state index contributed by atoms with van der Waals surface area (Å²) in [6.45, 7) is 1.98. The van der Waals surface area contributed by atoms with Gasteiger partial charge in [0.05, 0.1) is 17.0 Å². The van der Waals surface area contributed by atoms with Crippen molar-refractivity contribution in [2.45, 2.75) is 16.9 Å². The van der Waals surface area contributed by atoms with E-state index in [0.717, 1.165) is 17.2 Å². The molecule has 0 aliphatic heterocycles. The first-order valence-electron chi connectivity index (χ1n) is 5.18. The fraction of sp³-hybridized carbons (Fsp3) is 0.250. The largest absolute Gasteiger partial charge is 0.496 e. The summed E-state index contributed by atoms with van der Waals surface area (Å²) < 4.78 is 6.49. The van der Waals surface area contributed by atoms with E-state index < -0.39 is 0 Å². The lowest BCUT2D eigenvalue weighted by Gasteiger charge is -2.06. The van der Waals surface area contributed by atoms with Gasteiger partial charge < -0.3 is 10.5 Å². The van der Waals surface area contributed by atoms with Gasteiger partial charge in [0, 0.05) is 11.3 Å². The number of methoxy groups -OCH3 is 1. The van der Waals surface area contributed by atoms with Crippen molar-refractivity contribution in [3.63, 3.8) is 0 Å². The van der Waals surface area contributed by atoms with Crippen molar-refractivity contribution >= 4 is 28.2 Å². The van der Waals surface area contributed by atoms with Gasteiger partial charge in [-0.1, -0.05) is 29.5 Å². The Labute approximate surface area is 109 Å². The molecule has 0 aliphatic rings. The third-order valence-corrected chi connectivity index (χ3v) is 4.72. The Morgan fingerprint density at radius 2 is 2.18 bits per heavy atom. The van der Waals surface area contributed by atoms with E-state index in [1.807, 2.05) is 25.1 Å². The molecule has 2 aromatic rings. The van der Waals surface area contributed by atoms with E-state index in [1.54, 1.807) is 18.9 Å². The van der Waals surface area contributed by atoms with Crippen molar-refractivity contribution in [2.75, 3.05) is 12.8 Å². The first-order chi connectivity index (χ1) is 8.20. The summed E-state index contributed by atoms with van der Waals surface area (Å²) in [4.78, 5) is 4.21. The summed E-state index contributed by atoms with van der Waals surface area (Å²) in [5, 5.41) is 0.630. The molecule has 0 bridgehead atoms.